The average molecular weight is 407 g/mol. The molecule has 2 aromatic rings. The number of hydrogen-bond donors (Lipinski definition) is 2. The molecular weight excluding hydrogens is 380 g/mol. The van der Waals surface area contributed by atoms with Gasteiger partial charge in [-0.15, -0.1) is 10.2 Å². The van der Waals surface area contributed by atoms with Crippen LogP contribution in [-0.4, -0.2) is 27.8 Å². The van der Waals surface area contributed by atoms with E-state index >= 15 is 0 Å². The lowest BCUT2D eigenvalue weighted by Gasteiger charge is -2.05. The zero-order valence-electron chi connectivity index (χ0n) is 15.8. The van der Waals surface area contributed by atoms with Crippen LogP contribution in [0.15, 0.2) is 28.6 Å². The number of rotatable bonds is 11. The first-order chi connectivity index (χ1) is 13.1. The van der Waals surface area contributed by atoms with Gasteiger partial charge in [-0.25, -0.2) is 0 Å². The molecule has 1 aromatic heterocycles. The lowest BCUT2D eigenvalue weighted by molar-refractivity contribution is -0.116. The first-order valence-electron chi connectivity index (χ1n) is 9.25. The maximum Gasteiger partial charge on any atom is 0.234 e. The molecule has 1 aromatic carbocycles. The number of hydrogen-bond acceptors (Lipinski definition) is 6. The maximum absolute atomic E-state index is 12.1. The summed E-state index contributed by atoms with van der Waals surface area (Å²) in [5, 5.41) is 14.0. The van der Waals surface area contributed by atoms with Crippen LogP contribution < -0.4 is 10.6 Å². The number of anilines is 2. The van der Waals surface area contributed by atoms with Gasteiger partial charge in [-0.3, -0.25) is 9.59 Å². The van der Waals surface area contributed by atoms with Gasteiger partial charge in [-0.1, -0.05) is 61.9 Å². The van der Waals surface area contributed by atoms with Crippen LogP contribution in [0.3, 0.4) is 0 Å². The highest BCUT2D eigenvalue weighted by atomic mass is 32.2. The number of nitrogens with one attached hydrogen (secondary N) is 2. The van der Waals surface area contributed by atoms with Crippen LogP contribution in [0.25, 0.3) is 0 Å². The van der Waals surface area contributed by atoms with E-state index in [4.69, 9.17) is 0 Å². The third kappa shape index (κ3) is 8.09. The van der Waals surface area contributed by atoms with E-state index in [9.17, 15) is 9.59 Å². The average Bonchev–Trinajstić information content (AvgIpc) is 3.11. The van der Waals surface area contributed by atoms with E-state index in [1.165, 1.54) is 41.5 Å². The Bertz CT molecular complexity index is 732. The molecule has 6 nitrogen and oxygen atoms in total. The van der Waals surface area contributed by atoms with Crippen molar-refractivity contribution in [1.82, 2.24) is 10.2 Å². The Balaban J connectivity index is 1.74. The highest BCUT2D eigenvalue weighted by Crippen LogP contribution is 2.25. The molecule has 0 aliphatic rings. The number of thioether (sulfide) groups is 1. The summed E-state index contributed by atoms with van der Waals surface area (Å²) < 4.78 is 0.658. The Morgan fingerprint density at radius 3 is 2.44 bits per heavy atom. The number of amides is 2. The third-order valence-electron chi connectivity index (χ3n) is 3.79. The van der Waals surface area contributed by atoms with Crippen molar-refractivity contribution in [2.45, 2.75) is 56.7 Å². The molecule has 0 unspecified atom stereocenters. The van der Waals surface area contributed by atoms with E-state index in [2.05, 4.69) is 39.9 Å². The van der Waals surface area contributed by atoms with E-state index < -0.39 is 0 Å². The molecule has 2 rings (SSSR count). The summed E-state index contributed by atoms with van der Waals surface area (Å²) in [5.74, 6) is 0.102. The summed E-state index contributed by atoms with van der Waals surface area (Å²) in [6.45, 7) is 4.21. The predicted octanol–water partition coefficient (Wildman–Crippen LogP) is 4.74. The first-order valence-corrected chi connectivity index (χ1v) is 11.1. The van der Waals surface area contributed by atoms with Crippen LogP contribution in [0.5, 0.6) is 0 Å². The number of benzene rings is 1. The third-order valence-corrected chi connectivity index (χ3v) is 5.77. The molecule has 0 saturated carbocycles. The molecule has 0 atom stereocenters. The zero-order chi connectivity index (χ0) is 19.5. The predicted molar refractivity (Wildman–Crippen MR) is 112 cm³/mol. The van der Waals surface area contributed by atoms with E-state index in [0.717, 1.165) is 24.9 Å². The number of nitrogens with zero attached hydrogens (tertiary/aromatic N) is 2. The molecule has 0 radical (unpaired) electrons. The molecule has 0 bridgehead atoms. The lowest BCUT2D eigenvalue weighted by Crippen LogP contribution is -2.13. The molecule has 0 saturated heterocycles. The van der Waals surface area contributed by atoms with Crippen molar-refractivity contribution in [2.75, 3.05) is 16.4 Å². The van der Waals surface area contributed by atoms with E-state index in [0.29, 0.717) is 15.9 Å². The van der Waals surface area contributed by atoms with Gasteiger partial charge in [0.2, 0.25) is 16.9 Å². The molecule has 27 heavy (non-hydrogen) atoms. The van der Waals surface area contributed by atoms with Crippen molar-refractivity contribution in [3.05, 3.63) is 29.8 Å². The van der Waals surface area contributed by atoms with Crippen LogP contribution in [-0.2, 0) is 16.0 Å². The smallest absolute Gasteiger partial charge is 0.234 e. The molecular formula is C19H26N4O2S2. The van der Waals surface area contributed by atoms with Crippen LogP contribution in [0.1, 0.15) is 51.5 Å². The minimum absolute atomic E-state index is 0.0512. The van der Waals surface area contributed by atoms with Crippen molar-refractivity contribution in [3.8, 4) is 0 Å². The molecule has 0 aliphatic heterocycles. The molecule has 0 aliphatic carbocycles. The largest absolute Gasteiger partial charge is 0.325 e. The second-order valence-electron chi connectivity index (χ2n) is 6.16. The molecule has 2 N–H and O–H groups in total. The quantitative estimate of drug-likeness (QED) is 0.416. The van der Waals surface area contributed by atoms with Crippen molar-refractivity contribution in [3.63, 3.8) is 0 Å². The minimum Gasteiger partial charge on any atom is -0.325 e. The van der Waals surface area contributed by atoms with Gasteiger partial charge >= 0.3 is 0 Å². The van der Waals surface area contributed by atoms with E-state index in [1.54, 1.807) is 0 Å². The van der Waals surface area contributed by atoms with Crippen LogP contribution >= 0.6 is 23.1 Å². The van der Waals surface area contributed by atoms with Gasteiger partial charge in [0, 0.05) is 12.1 Å². The van der Waals surface area contributed by atoms with Crippen LogP contribution in [0.2, 0.25) is 0 Å². The Morgan fingerprint density at radius 1 is 1.00 bits per heavy atom. The van der Waals surface area contributed by atoms with Gasteiger partial charge < -0.3 is 10.6 Å². The van der Waals surface area contributed by atoms with Gasteiger partial charge in [-0.2, -0.15) is 0 Å². The summed E-state index contributed by atoms with van der Waals surface area (Å²) in [4.78, 5) is 23.8. The monoisotopic (exact) mass is 406 g/mol. The van der Waals surface area contributed by atoms with Gasteiger partial charge in [0.15, 0.2) is 4.34 Å². The normalized spacial score (nSPS) is 10.6. The fourth-order valence-electron chi connectivity index (χ4n) is 2.30. The highest BCUT2D eigenvalue weighted by molar-refractivity contribution is 8.01. The SMILES string of the molecule is CCCCC(=O)Nc1nnc(SCC(=O)Nc2ccc(CCCC)cc2)s1. The number of carbonyl (C=O) groups excluding carboxylic acids is 2. The van der Waals surface area contributed by atoms with Gasteiger partial charge in [-0.05, 0) is 37.0 Å². The topological polar surface area (TPSA) is 84.0 Å². The van der Waals surface area contributed by atoms with Crippen molar-refractivity contribution >= 4 is 45.7 Å². The van der Waals surface area contributed by atoms with Crippen LogP contribution in [0, 0.1) is 0 Å². The summed E-state index contributed by atoms with van der Waals surface area (Å²) in [7, 11) is 0. The maximum atomic E-state index is 12.1. The standard InChI is InChI=1S/C19H26N4O2S2/c1-3-5-7-14-9-11-15(12-10-14)20-17(25)13-26-19-23-22-18(27-19)21-16(24)8-6-4-2/h9-12H,3-8,13H2,1-2H3,(H,20,25)(H,21,22,24). The van der Waals surface area contributed by atoms with E-state index in [-0.39, 0.29) is 17.6 Å². The molecule has 1 heterocycles. The zero-order valence-corrected chi connectivity index (χ0v) is 17.4. The molecule has 2 amide bonds. The van der Waals surface area contributed by atoms with E-state index in [1.807, 2.05) is 19.1 Å². The van der Waals surface area contributed by atoms with Crippen molar-refractivity contribution < 1.29 is 9.59 Å². The van der Waals surface area contributed by atoms with Gasteiger partial charge in [0.1, 0.15) is 0 Å². The Labute approximate surface area is 168 Å². The summed E-state index contributed by atoms with van der Waals surface area (Å²) in [6, 6.07) is 7.97. The second-order valence-corrected chi connectivity index (χ2v) is 8.36. The molecule has 0 spiro atoms. The number of aromatic nitrogens is 2. The number of aryl methyl sites for hydroxylation is 1. The molecule has 146 valence electrons. The highest BCUT2D eigenvalue weighted by Gasteiger charge is 2.10. The Kier molecular flexibility index (Phi) is 9.27. The number of carbonyl (C=O) groups is 2. The molecule has 8 heteroatoms. The van der Waals surface area contributed by atoms with Gasteiger partial charge in [0.25, 0.3) is 0 Å². The fourth-order valence-corrected chi connectivity index (χ4v) is 3.87. The van der Waals surface area contributed by atoms with Crippen molar-refractivity contribution in [1.29, 1.82) is 0 Å². The number of unbranched alkanes of at least 4 members (excludes halogenated alkanes) is 2. The van der Waals surface area contributed by atoms with Gasteiger partial charge in [0.05, 0.1) is 5.75 Å². The fraction of sp³-hybridized carbons (Fsp3) is 0.474. The summed E-state index contributed by atoms with van der Waals surface area (Å²) in [5.41, 5.74) is 2.08. The first kappa shape index (κ1) is 21.4. The lowest BCUT2D eigenvalue weighted by atomic mass is 10.1. The molecule has 0 fully saturated rings. The van der Waals surface area contributed by atoms with Crippen LogP contribution in [0.4, 0.5) is 10.8 Å². The summed E-state index contributed by atoms with van der Waals surface area (Å²) >= 11 is 2.59. The minimum atomic E-state index is -0.0926. The Hall–Kier alpha value is -1.93. The summed E-state index contributed by atoms with van der Waals surface area (Å²) in [6.07, 6.45) is 5.72. The second kappa shape index (κ2) is 11.7. The Morgan fingerprint density at radius 2 is 1.74 bits per heavy atom. The van der Waals surface area contributed by atoms with Crippen molar-refractivity contribution in [2.24, 2.45) is 0 Å².